The zero-order valence-electron chi connectivity index (χ0n) is 16.6. The molecule has 0 aliphatic heterocycles. The maximum atomic E-state index is 15.1. The summed E-state index contributed by atoms with van der Waals surface area (Å²) in [4.78, 5) is 0. The number of nitrogens with one attached hydrogen (secondary N) is 1. The Kier molecular flexibility index (Phi) is 7.89. The smallest absolute Gasteiger partial charge is 0.221 e. The highest BCUT2D eigenvalue weighted by molar-refractivity contribution is 7.91. The van der Waals surface area contributed by atoms with E-state index in [0.29, 0.717) is 0 Å². The fourth-order valence-corrected chi connectivity index (χ4v) is 5.12. The van der Waals surface area contributed by atoms with Gasteiger partial charge < -0.3 is 0 Å². The fourth-order valence-electron chi connectivity index (χ4n) is 3.24. The van der Waals surface area contributed by atoms with Crippen molar-refractivity contribution in [1.82, 2.24) is 4.72 Å². The van der Waals surface area contributed by atoms with Gasteiger partial charge in [0.2, 0.25) is 10.0 Å². The average molecular weight is 551 g/mol. The van der Waals surface area contributed by atoms with Crippen LogP contribution < -0.4 is 4.72 Å². The Bertz CT molecular complexity index is 882. The minimum atomic E-state index is -7.24. The second kappa shape index (κ2) is 8.81. The van der Waals surface area contributed by atoms with Gasteiger partial charge in [0.1, 0.15) is 0 Å². The largest absolute Gasteiger partial charge is 0.435 e. The molecule has 0 aromatic heterocycles. The van der Waals surface area contributed by atoms with Crippen molar-refractivity contribution in [3.8, 4) is 0 Å². The molecule has 0 aromatic rings. The molecule has 34 heavy (non-hydrogen) atoms. The van der Waals surface area contributed by atoms with E-state index in [1.54, 1.807) is 0 Å². The molecule has 0 aromatic carbocycles. The van der Waals surface area contributed by atoms with Crippen LogP contribution in [0.5, 0.6) is 0 Å². The Morgan fingerprint density at radius 1 is 0.824 bits per heavy atom. The van der Waals surface area contributed by atoms with Crippen LogP contribution in [0.25, 0.3) is 0 Å². The number of sulfonamides is 1. The lowest BCUT2D eigenvalue weighted by Crippen LogP contribution is -2.72. The SMILES string of the molecule is CCCCNS(=O)(=O)C1(C(F)(C(F)(F)F)C(F)(F)F)C=CC=C(C(F)(C(F)(F)F)C(F)(F)F)C1. The van der Waals surface area contributed by atoms with Crippen molar-refractivity contribution >= 4 is 10.0 Å². The molecule has 0 bridgehead atoms. The Hall–Kier alpha value is -1.59. The quantitative estimate of drug-likeness (QED) is 0.312. The summed E-state index contributed by atoms with van der Waals surface area (Å²) in [7, 11) is -6.42. The van der Waals surface area contributed by atoms with E-state index in [1.165, 1.54) is 6.92 Å². The Morgan fingerprint density at radius 3 is 1.62 bits per heavy atom. The fraction of sp³-hybridized carbons (Fsp3) is 0.750. The molecule has 1 N–H and O–H groups in total. The van der Waals surface area contributed by atoms with E-state index in [1.807, 2.05) is 0 Å². The summed E-state index contributed by atoms with van der Waals surface area (Å²) >= 11 is 0. The van der Waals surface area contributed by atoms with Gasteiger partial charge in [0, 0.05) is 13.0 Å². The average Bonchev–Trinajstić information content (AvgIpc) is 2.62. The summed E-state index contributed by atoms with van der Waals surface area (Å²) in [5, 5.41) is 0. The first kappa shape index (κ1) is 30.4. The Morgan fingerprint density at radius 2 is 1.26 bits per heavy atom. The third-order valence-electron chi connectivity index (χ3n) is 5.01. The highest BCUT2D eigenvalue weighted by Crippen LogP contribution is 2.61. The standard InChI is InChI=1S/C16H15F14NO2S/c1-2-3-7-31-34(32,33)10(12(18,15(25,26)27)16(28,29)30)6-4-5-9(8-10)11(17,13(19,20)21)14(22,23)24/h4-6,31H,2-3,7-8H2,1H3. The number of halogens is 14. The van der Waals surface area contributed by atoms with Crippen LogP contribution in [0.1, 0.15) is 26.2 Å². The summed E-state index contributed by atoms with van der Waals surface area (Å²) < 4.78 is 210. The van der Waals surface area contributed by atoms with Crippen molar-refractivity contribution in [2.45, 2.75) is 67.0 Å². The number of hydrogen-bond donors (Lipinski definition) is 1. The van der Waals surface area contributed by atoms with E-state index >= 15 is 4.39 Å². The maximum Gasteiger partial charge on any atom is 0.435 e. The summed E-state index contributed by atoms with van der Waals surface area (Å²) in [6.07, 6.45) is -33.5. The monoisotopic (exact) mass is 551 g/mol. The first-order valence-corrected chi connectivity index (χ1v) is 10.4. The topological polar surface area (TPSA) is 46.2 Å². The van der Waals surface area contributed by atoms with Crippen LogP contribution in [0.2, 0.25) is 0 Å². The van der Waals surface area contributed by atoms with E-state index in [2.05, 4.69) is 0 Å². The number of alkyl halides is 14. The van der Waals surface area contributed by atoms with Gasteiger partial charge in [-0.3, -0.25) is 0 Å². The minimum Gasteiger partial charge on any atom is -0.221 e. The van der Waals surface area contributed by atoms with Gasteiger partial charge in [0.15, 0.2) is 4.75 Å². The lowest BCUT2D eigenvalue weighted by molar-refractivity contribution is -0.350. The molecule has 0 saturated heterocycles. The second-order valence-corrected chi connectivity index (χ2v) is 9.20. The van der Waals surface area contributed by atoms with E-state index in [9.17, 15) is 65.5 Å². The summed E-state index contributed by atoms with van der Waals surface area (Å²) in [6, 6.07) is 0. The Balaban J connectivity index is 4.06. The highest BCUT2D eigenvalue weighted by atomic mass is 32.2. The lowest BCUT2D eigenvalue weighted by Gasteiger charge is -2.46. The van der Waals surface area contributed by atoms with Gasteiger partial charge in [-0.15, -0.1) is 0 Å². The maximum absolute atomic E-state index is 15.1. The molecule has 0 fully saturated rings. The molecular formula is C16H15F14NO2S. The molecule has 1 atom stereocenters. The van der Waals surface area contributed by atoms with Gasteiger partial charge in [-0.1, -0.05) is 31.6 Å². The number of hydrogen-bond acceptors (Lipinski definition) is 2. The van der Waals surface area contributed by atoms with Gasteiger partial charge >= 0.3 is 36.0 Å². The summed E-state index contributed by atoms with van der Waals surface area (Å²) in [5.41, 5.74) is -16.5. The summed E-state index contributed by atoms with van der Waals surface area (Å²) in [5.74, 6) is 0. The third kappa shape index (κ3) is 4.51. The van der Waals surface area contributed by atoms with Crippen LogP contribution >= 0.6 is 0 Å². The van der Waals surface area contributed by atoms with Gasteiger partial charge in [-0.2, -0.15) is 52.7 Å². The number of allylic oxidation sites excluding steroid dienone is 3. The van der Waals surface area contributed by atoms with E-state index in [0.717, 1.165) is 4.72 Å². The van der Waals surface area contributed by atoms with Crippen LogP contribution in [-0.4, -0.2) is 55.8 Å². The first-order valence-electron chi connectivity index (χ1n) is 8.90. The van der Waals surface area contributed by atoms with Crippen molar-refractivity contribution in [2.24, 2.45) is 0 Å². The van der Waals surface area contributed by atoms with Crippen LogP contribution in [-0.2, 0) is 10.0 Å². The zero-order valence-corrected chi connectivity index (χ0v) is 17.4. The van der Waals surface area contributed by atoms with Crippen LogP contribution in [0.15, 0.2) is 23.8 Å². The molecule has 0 radical (unpaired) electrons. The predicted molar refractivity (Wildman–Crippen MR) is 88.3 cm³/mol. The first-order chi connectivity index (χ1) is 14.9. The zero-order chi connectivity index (χ0) is 27.2. The molecule has 0 amide bonds. The molecule has 0 heterocycles. The van der Waals surface area contributed by atoms with Crippen molar-refractivity contribution in [2.75, 3.05) is 6.54 Å². The molecule has 200 valence electrons. The molecule has 1 rings (SSSR count). The normalized spacial score (nSPS) is 21.6. The van der Waals surface area contributed by atoms with Crippen molar-refractivity contribution in [1.29, 1.82) is 0 Å². The van der Waals surface area contributed by atoms with Gasteiger partial charge in [-0.25, -0.2) is 21.9 Å². The van der Waals surface area contributed by atoms with Gasteiger partial charge in [0.05, 0.1) is 0 Å². The lowest BCUT2D eigenvalue weighted by atomic mass is 9.75. The number of unbranched alkanes of at least 4 members (excludes halogenated alkanes) is 1. The highest BCUT2D eigenvalue weighted by Gasteiger charge is 2.86. The summed E-state index contributed by atoms with van der Waals surface area (Å²) in [6.45, 7) is 0.402. The number of rotatable bonds is 7. The molecule has 1 unspecified atom stereocenters. The molecule has 3 nitrogen and oxygen atoms in total. The van der Waals surface area contributed by atoms with E-state index < -0.39 is 87.6 Å². The molecule has 1 aliphatic rings. The van der Waals surface area contributed by atoms with Crippen LogP contribution in [0, 0.1) is 0 Å². The molecule has 0 spiro atoms. The van der Waals surface area contributed by atoms with Crippen molar-refractivity contribution in [3.05, 3.63) is 23.8 Å². The minimum absolute atomic E-state index is 0.0611. The Labute approximate surface area is 182 Å². The molecular weight excluding hydrogens is 536 g/mol. The third-order valence-corrected chi connectivity index (χ3v) is 7.11. The van der Waals surface area contributed by atoms with Crippen LogP contribution in [0.3, 0.4) is 0 Å². The van der Waals surface area contributed by atoms with Crippen LogP contribution in [0.4, 0.5) is 61.5 Å². The molecule has 0 saturated carbocycles. The van der Waals surface area contributed by atoms with Gasteiger partial charge in [0.25, 0.3) is 0 Å². The van der Waals surface area contributed by atoms with Crippen molar-refractivity contribution in [3.63, 3.8) is 0 Å². The molecule has 1 aliphatic carbocycles. The van der Waals surface area contributed by atoms with Gasteiger partial charge in [-0.05, 0) is 12.0 Å². The molecule has 18 heteroatoms. The van der Waals surface area contributed by atoms with E-state index in [4.69, 9.17) is 0 Å². The predicted octanol–water partition coefficient (Wildman–Crippen LogP) is 6.00. The second-order valence-electron chi connectivity index (χ2n) is 7.18. The van der Waals surface area contributed by atoms with E-state index in [-0.39, 0.29) is 12.8 Å². The van der Waals surface area contributed by atoms with Crippen molar-refractivity contribution < 1.29 is 69.9 Å².